The van der Waals surface area contributed by atoms with Gasteiger partial charge in [-0.15, -0.1) is 5.10 Å². The third kappa shape index (κ3) is 3.37. The average Bonchev–Trinajstić information content (AvgIpc) is 2.37. The number of aromatic nitrogens is 3. The fourth-order valence-corrected chi connectivity index (χ4v) is 1.42. The third-order valence-electron chi connectivity index (χ3n) is 2.43. The number of rotatable bonds is 5. The third-order valence-corrected chi connectivity index (χ3v) is 2.43. The average molecular weight is 238 g/mol. The summed E-state index contributed by atoms with van der Waals surface area (Å²) in [6.07, 6.45) is 1.61. The van der Waals surface area contributed by atoms with Gasteiger partial charge in [-0.25, -0.2) is 4.98 Å². The van der Waals surface area contributed by atoms with E-state index >= 15 is 0 Å². The largest absolute Gasteiger partial charge is 0.468 e. The second kappa shape index (κ2) is 6.12. The van der Waals surface area contributed by atoms with Crippen LogP contribution in [0.4, 0.5) is 5.95 Å². The highest BCUT2D eigenvalue weighted by Crippen LogP contribution is 2.09. The molecule has 0 amide bonds. The molecule has 1 aromatic heterocycles. The maximum Gasteiger partial charge on any atom is 0.325 e. The summed E-state index contributed by atoms with van der Waals surface area (Å²) < 4.78 is 4.59. The second-order valence-electron chi connectivity index (χ2n) is 3.64. The van der Waals surface area contributed by atoms with Crippen LogP contribution in [0, 0.1) is 0 Å². The van der Waals surface area contributed by atoms with Gasteiger partial charge in [0.05, 0.1) is 18.5 Å². The van der Waals surface area contributed by atoms with Crippen LogP contribution < -0.4 is 4.90 Å². The Labute approximate surface area is 101 Å². The summed E-state index contributed by atoms with van der Waals surface area (Å²) in [6, 6.07) is 0. The predicted octanol–water partition coefficient (Wildman–Crippen LogP) is 0.606. The van der Waals surface area contributed by atoms with Crippen LogP contribution >= 0.6 is 0 Å². The molecule has 0 saturated carbocycles. The summed E-state index contributed by atoms with van der Waals surface area (Å²) in [5.74, 6) is 0.123. The van der Waals surface area contributed by atoms with Crippen LogP contribution in [-0.2, 0) is 22.4 Å². The molecule has 0 atom stereocenters. The molecule has 0 aliphatic rings. The van der Waals surface area contributed by atoms with Crippen molar-refractivity contribution in [1.29, 1.82) is 0 Å². The van der Waals surface area contributed by atoms with E-state index in [0.717, 1.165) is 24.2 Å². The van der Waals surface area contributed by atoms with E-state index in [1.165, 1.54) is 7.11 Å². The van der Waals surface area contributed by atoms with Gasteiger partial charge in [0.1, 0.15) is 6.54 Å². The van der Waals surface area contributed by atoms with E-state index in [-0.39, 0.29) is 12.5 Å². The molecule has 17 heavy (non-hydrogen) atoms. The molecule has 0 N–H and O–H groups in total. The van der Waals surface area contributed by atoms with Crippen LogP contribution in [0.5, 0.6) is 0 Å². The Balaban J connectivity index is 2.87. The smallest absolute Gasteiger partial charge is 0.325 e. The Bertz CT molecular complexity index is 395. The number of methoxy groups -OCH3 is 1. The molecule has 0 fully saturated rings. The first-order chi connectivity index (χ1) is 8.12. The summed E-state index contributed by atoms with van der Waals surface area (Å²) in [5.41, 5.74) is 1.83. The number of likely N-dealkylation sites (N-methyl/N-ethyl adjacent to an activating group) is 1. The van der Waals surface area contributed by atoms with Crippen LogP contribution in [-0.4, -0.2) is 41.9 Å². The van der Waals surface area contributed by atoms with E-state index in [9.17, 15) is 4.79 Å². The molecule has 94 valence electrons. The normalized spacial score (nSPS) is 10.1. The van der Waals surface area contributed by atoms with Crippen molar-refractivity contribution in [2.24, 2.45) is 0 Å². The SMILES string of the molecule is CCc1nnc(N(C)CC(=O)OC)nc1CC. The van der Waals surface area contributed by atoms with Crippen molar-refractivity contribution >= 4 is 11.9 Å². The van der Waals surface area contributed by atoms with Crippen molar-refractivity contribution in [2.75, 3.05) is 25.6 Å². The number of esters is 1. The van der Waals surface area contributed by atoms with Crippen LogP contribution in [0.15, 0.2) is 0 Å². The molecule has 0 aromatic carbocycles. The molecular formula is C11H18N4O2. The lowest BCUT2D eigenvalue weighted by Gasteiger charge is -2.15. The molecule has 6 nitrogen and oxygen atoms in total. The number of hydrogen-bond donors (Lipinski definition) is 0. The van der Waals surface area contributed by atoms with Gasteiger partial charge in [0.2, 0.25) is 5.95 Å². The highest BCUT2D eigenvalue weighted by Gasteiger charge is 2.12. The molecule has 0 radical (unpaired) electrons. The van der Waals surface area contributed by atoms with Gasteiger partial charge in [-0.05, 0) is 12.8 Å². The minimum absolute atomic E-state index is 0.118. The lowest BCUT2D eigenvalue weighted by atomic mass is 10.2. The Morgan fingerprint density at radius 1 is 1.24 bits per heavy atom. The quantitative estimate of drug-likeness (QED) is 0.700. The Hall–Kier alpha value is -1.72. The van der Waals surface area contributed by atoms with Crippen molar-refractivity contribution < 1.29 is 9.53 Å². The van der Waals surface area contributed by atoms with E-state index in [1.807, 2.05) is 13.8 Å². The Kier molecular flexibility index (Phi) is 4.81. The van der Waals surface area contributed by atoms with Gasteiger partial charge in [0.15, 0.2) is 0 Å². The summed E-state index contributed by atoms with van der Waals surface area (Å²) in [6.45, 7) is 4.16. The Morgan fingerprint density at radius 2 is 1.88 bits per heavy atom. The van der Waals surface area contributed by atoms with Gasteiger partial charge in [-0.1, -0.05) is 13.8 Å². The maximum atomic E-state index is 11.1. The van der Waals surface area contributed by atoms with Crippen molar-refractivity contribution in [3.05, 3.63) is 11.4 Å². The van der Waals surface area contributed by atoms with Gasteiger partial charge < -0.3 is 9.64 Å². The van der Waals surface area contributed by atoms with Crippen molar-refractivity contribution in [2.45, 2.75) is 26.7 Å². The summed E-state index contributed by atoms with van der Waals surface area (Å²) >= 11 is 0. The Morgan fingerprint density at radius 3 is 2.41 bits per heavy atom. The van der Waals surface area contributed by atoms with Gasteiger partial charge in [0.25, 0.3) is 0 Å². The first-order valence-electron chi connectivity index (χ1n) is 5.62. The topological polar surface area (TPSA) is 68.2 Å². The van der Waals surface area contributed by atoms with Crippen LogP contribution in [0.2, 0.25) is 0 Å². The van der Waals surface area contributed by atoms with Gasteiger partial charge >= 0.3 is 5.97 Å². The second-order valence-corrected chi connectivity index (χ2v) is 3.64. The van der Waals surface area contributed by atoms with E-state index in [0.29, 0.717) is 5.95 Å². The fraction of sp³-hybridized carbons (Fsp3) is 0.636. The monoisotopic (exact) mass is 238 g/mol. The molecule has 6 heteroatoms. The van der Waals surface area contributed by atoms with Gasteiger partial charge in [0, 0.05) is 7.05 Å². The number of aryl methyl sites for hydroxylation is 2. The number of hydrogen-bond acceptors (Lipinski definition) is 6. The zero-order chi connectivity index (χ0) is 12.8. The molecule has 0 spiro atoms. The first-order valence-corrected chi connectivity index (χ1v) is 5.62. The number of carbonyl (C=O) groups excluding carboxylic acids is 1. The molecule has 0 unspecified atom stereocenters. The van der Waals surface area contributed by atoms with Gasteiger partial charge in [-0.3, -0.25) is 4.79 Å². The molecule has 0 bridgehead atoms. The molecule has 1 heterocycles. The van der Waals surface area contributed by atoms with E-state index in [4.69, 9.17) is 0 Å². The highest BCUT2D eigenvalue weighted by atomic mass is 16.5. The summed E-state index contributed by atoms with van der Waals surface area (Å²) in [5, 5.41) is 8.12. The van der Waals surface area contributed by atoms with Crippen molar-refractivity contribution in [1.82, 2.24) is 15.2 Å². The summed E-state index contributed by atoms with van der Waals surface area (Å²) in [7, 11) is 3.09. The minimum atomic E-state index is -0.325. The standard InChI is InChI=1S/C11H18N4O2/c1-5-8-9(6-2)13-14-11(12-8)15(3)7-10(16)17-4/h5-7H2,1-4H3. The molecule has 0 saturated heterocycles. The predicted molar refractivity (Wildman–Crippen MR) is 63.9 cm³/mol. The molecule has 0 aliphatic heterocycles. The lowest BCUT2D eigenvalue weighted by Crippen LogP contribution is -2.28. The zero-order valence-corrected chi connectivity index (χ0v) is 10.7. The first kappa shape index (κ1) is 13.3. The zero-order valence-electron chi connectivity index (χ0n) is 10.7. The molecule has 1 aromatic rings. The van der Waals surface area contributed by atoms with Crippen molar-refractivity contribution in [3.8, 4) is 0 Å². The molecular weight excluding hydrogens is 220 g/mol. The molecule has 0 aliphatic carbocycles. The number of ether oxygens (including phenoxy) is 1. The minimum Gasteiger partial charge on any atom is -0.468 e. The maximum absolute atomic E-state index is 11.1. The fourth-order valence-electron chi connectivity index (χ4n) is 1.42. The van der Waals surface area contributed by atoms with E-state index < -0.39 is 0 Å². The van der Waals surface area contributed by atoms with Crippen molar-refractivity contribution in [3.63, 3.8) is 0 Å². The molecule has 1 rings (SSSR count). The van der Waals surface area contributed by atoms with E-state index in [2.05, 4.69) is 19.9 Å². The highest BCUT2D eigenvalue weighted by molar-refractivity contribution is 5.74. The van der Waals surface area contributed by atoms with Crippen LogP contribution in [0.3, 0.4) is 0 Å². The lowest BCUT2D eigenvalue weighted by molar-refractivity contribution is -0.138. The van der Waals surface area contributed by atoms with Gasteiger partial charge in [-0.2, -0.15) is 5.10 Å². The van der Waals surface area contributed by atoms with Crippen LogP contribution in [0.25, 0.3) is 0 Å². The van der Waals surface area contributed by atoms with Crippen LogP contribution in [0.1, 0.15) is 25.2 Å². The summed E-state index contributed by atoms with van der Waals surface area (Å²) in [4.78, 5) is 17.1. The number of anilines is 1. The number of nitrogens with zero attached hydrogens (tertiary/aromatic N) is 4. The number of carbonyl (C=O) groups is 1. The van der Waals surface area contributed by atoms with E-state index in [1.54, 1.807) is 11.9 Å².